The summed E-state index contributed by atoms with van der Waals surface area (Å²) in [6.45, 7) is 19.2. The maximum Gasteiger partial charge on any atom is 0.332 e. The van der Waals surface area contributed by atoms with Gasteiger partial charge < -0.3 is 5.11 Å². The molecule has 0 saturated heterocycles. The van der Waals surface area contributed by atoms with Crippen molar-refractivity contribution in [2.45, 2.75) is 62.3 Å². The predicted octanol–water partition coefficient (Wildman–Crippen LogP) is 5.06. The van der Waals surface area contributed by atoms with Crippen molar-refractivity contribution in [2.24, 2.45) is 22.2 Å². The fourth-order valence-electron chi connectivity index (χ4n) is 3.04. The number of carboxylic acid groups (broad SMARTS) is 1. The minimum absolute atomic E-state index is 0.0192. The van der Waals surface area contributed by atoms with Crippen molar-refractivity contribution in [1.29, 1.82) is 0 Å². The molecule has 1 aliphatic rings. The minimum Gasteiger partial charge on any atom is -0.478 e. The number of hydrogen-bond acceptors (Lipinski definition) is 1. The molecule has 1 N–H and O–H groups in total. The molecular formula is C18H30O2. The second-order valence-corrected chi connectivity index (χ2v) is 9.03. The van der Waals surface area contributed by atoms with E-state index in [0.717, 1.165) is 5.57 Å². The molecule has 0 spiro atoms. The van der Waals surface area contributed by atoms with Gasteiger partial charge in [-0.1, -0.05) is 74.0 Å². The molecule has 114 valence electrons. The highest BCUT2D eigenvalue weighted by Gasteiger charge is 2.45. The van der Waals surface area contributed by atoms with Crippen molar-refractivity contribution < 1.29 is 9.90 Å². The minimum atomic E-state index is -0.773. The quantitative estimate of drug-likeness (QED) is 0.727. The lowest BCUT2D eigenvalue weighted by Crippen LogP contribution is -2.31. The summed E-state index contributed by atoms with van der Waals surface area (Å²) < 4.78 is 0. The summed E-state index contributed by atoms with van der Waals surface area (Å²) in [5, 5.41) is 9.77. The van der Waals surface area contributed by atoms with Gasteiger partial charge in [0.05, 0.1) is 0 Å². The van der Waals surface area contributed by atoms with E-state index >= 15 is 0 Å². The van der Waals surface area contributed by atoms with Crippen molar-refractivity contribution in [1.82, 2.24) is 0 Å². The maximum absolute atomic E-state index is 11.9. The first-order chi connectivity index (χ1) is 8.67. The van der Waals surface area contributed by atoms with Crippen molar-refractivity contribution in [2.75, 3.05) is 0 Å². The van der Waals surface area contributed by atoms with Crippen LogP contribution in [0.15, 0.2) is 22.8 Å². The number of carboxylic acids is 1. The Morgan fingerprint density at radius 3 is 1.65 bits per heavy atom. The van der Waals surface area contributed by atoms with E-state index in [4.69, 9.17) is 0 Å². The monoisotopic (exact) mass is 278 g/mol. The van der Waals surface area contributed by atoms with Gasteiger partial charge in [0.1, 0.15) is 0 Å². The molecule has 1 unspecified atom stereocenters. The Bertz CT molecular complexity index is 471. The third-order valence-corrected chi connectivity index (χ3v) is 3.96. The summed E-state index contributed by atoms with van der Waals surface area (Å²) in [5.74, 6) is -0.792. The fourth-order valence-corrected chi connectivity index (χ4v) is 3.04. The zero-order valence-corrected chi connectivity index (χ0v) is 14.5. The molecule has 0 amide bonds. The summed E-state index contributed by atoms with van der Waals surface area (Å²) in [5.41, 5.74) is 2.55. The van der Waals surface area contributed by atoms with Gasteiger partial charge in [-0.15, -0.1) is 0 Å². The lowest BCUT2D eigenvalue weighted by atomic mass is 9.67. The third-order valence-electron chi connectivity index (χ3n) is 3.96. The Labute approximate surface area is 124 Å². The molecule has 0 saturated carbocycles. The average molecular weight is 278 g/mol. The summed E-state index contributed by atoms with van der Waals surface area (Å²) in [6, 6.07) is 0. The highest BCUT2D eigenvalue weighted by atomic mass is 16.4. The Kier molecular flexibility index (Phi) is 4.04. The van der Waals surface area contributed by atoms with Gasteiger partial charge in [-0.05, 0) is 21.8 Å². The van der Waals surface area contributed by atoms with Crippen LogP contribution in [0.25, 0.3) is 0 Å². The van der Waals surface area contributed by atoms with Crippen LogP contribution in [0.2, 0.25) is 0 Å². The fraction of sp³-hybridized carbons (Fsp3) is 0.722. The van der Waals surface area contributed by atoms with Gasteiger partial charge in [-0.25, -0.2) is 4.79 Å². The first kappa shape index (κ1) is 17.0. The normalized spacial score (nSPS) is 21.2. The van der Waals surface area contributed by atoms with Crippen LogP contribution in [-0.2, 0) is 4.79 Å². The smallest absolute Gasteiger partial charge is 0.332 e. The molecule has 2 heteroatoms. The van der Waals surface area contributed by atoms with Gasteiger partial charge in [0.2, 0.25) is 0 Å². The Morgan fingerprint density at radius 2 is 1.40 bits per heavy atom. The van der Waals surface area contributed by atoms with Crippen LogP contribution >= 0.6 is 0 Å². The van der Waals surface area contributed by atoms with Crippen molar-refractivity contribution >= 4 is 5.97 Å². The predicted molar refractivity (Wildman–Crippen MR) is 84.6 cm³/mol. The van der Waals surface area contributed by atoms with E-state index in [-0.39, 0.29) is 22.2 Å². The first-order valence-electron chi connectivity index (χ1n) is 7.37. The Balaban J connectivity index is 3.61. The van der Waals surface area contributed by atoms with Gasteiger partial charge in [-0.2, -0.15) is 0 Å². The van der Waals surface area contributed by atoms with E-state index < -0.39 is 5.97 Å². The van der Waals surface area contributed by atoms with Gasteiger partial charge in [0, 0.05) is 11.5 Å². The third kappa shape index (κ3) is 3.16. The number of aliphatic carboxylic acids is 1. The van der Waals surface area contributed by atoms with E-state index in [1.165, 1.54) is 5.57 Å². The SMILES string of the molecule is CC(C)(C)C1=CC(C(C)(C)C)=C(C(=O)O)C1C(C)(C)C. The lowest BCUT2D eigenvalue weighted by Gasteiger charge is -2.36. The summed E-state index contributed by atoms with van der Waals surface area (Å²) >= 11 is 0. The van der Waals surface area contributed by atoms with E-state index in [1.54, 1.807) is 0 Å². The van der Waals surface area contributed by atoms with Crippen LogP contribution in [-0.4, -0.2) is 11.1 Å². The molecule has 1 aliphatic carbocycles. The molecule has 0 bridgehead atoms. The molecule has 0 aliphatic heterocycles. The second kappa shape index (κ2) is 4.75. The van der Waals surface area contributed by atoms with E-state index in [2.05, 4.69) is 68.4 Å². The molecule has 0 heterocycles. The molecule has 2 nitrogen and oxygen atoms in total. The number of rotatable bonds is 1. The van der Waals surface area contributed by atoms with Crippen molar-refractivity contribution in [3.63, 3.8) is 0 Å². The molecule has 0 aromatic rings. The van der Waals surface area contributed by atoms with E-state index in [0.29, 0.717) is 5.57 Å². The zero-order chi connectivity index (χ0) is 16.1. The summed E-state index contributed by atoms with van der Waals surface area (Å²) in [6.07, 6.45) is 2.15. The molecule has 1 rings (SSSR count). The molecule has 1 atom stereocenters. The van der Waals surface area contributed by atoms with Crippen molar-refractivity contribution in [3.8, 4) is 0 Å². The molecule has 0 aromatic heterocycles. The number of allylic oxidation sites excluding steroid dienone is 3. The Morgan fingerprint density at radius 1 is 0.950 bits per heavy atom. The van der Waals surface area contributed by atoms with Crippen LogP contribution in [0.1, 0.15) is 62.3 Å². The van der Waals surface area contributed by atoms with Gasteiger partial charge in [0.25, 0.3) is 0 Å². The molecule has 0 aromatic carbocycles. The van der Waals surface area contributed by atoms with Crippen molar-refractivity contribution in [3.05, 3.63) is 22.8 Å². The zero-order valence-electron chi connectivity index (χ0n) is 14.5. The van der Waals surface area contributed by atoms with E-state index in [1.807, 2.05) is 0 Å². The Hall–Kier alpha value is -1.05. The highest BCUT2D eigenvalue weighted by molar-refractivity contribution is 5.91. The standard InChI is InChI=1S/C18H30O2/c1-16(2,3)11-10-12(17(4,5)6)14(18(7,8)9)13(11)15(19)20/h10,14H,1-9H3,(H,19,20). The van der Waals surface area contributed by atoms with Crippen LogP contribution in [0, 0.1) is 22.2 Å². The summed E-state index contributed by atoms with van der Waals surface area (Å²) in [4.78, 5) is 11.9. The maximum atomic E-state index is 11.9. The topological polar surface area (TPSA) is 37.3 Å². The second-order valence-electron chi connectivity index (χ2n) is 9.03. The van der Waals surface area contributed by atoms with Crippen LogP contribution in [0.3, 0.4) is 0 Å². The molecule has 0 radical (unpaired) electrons. The molecule has 20 heavy (non-hydrogen) atoms. The van der Waals surface area contributed by atoms with Crippen LogP contribution in [0.5, 0.6) is 0 Å². The van der Waals surface area contributed by atoms with Gasteiger partial charge in [-0.3, -0.25) is 0 Å². The van der Waals surface area contributed by atoms with Gasteiger partial charge in [0.15, 0.2) is 0 Å². The number of hydrogen-bond donors (Lipinski definition) is 1. The largest absolute Gasteiger partial charge is 0.478 e. The lowest BCUT2D eigenvalue weighted by molar-refractivity contribution is -0.133. The van der Waals surface area contributed by atoms with E-state index in [9.17, 15) is 9.90 Å². The van der Waals surface area contributed by atoms with Crippen LogP contribution in [0.4, 0.5) is 0 Å². The molecule has 0 fully saturated rings. The van der Waals surface area contributed by atoms with Crippen LogP contribution < -0.4 is 0 Å². The average Bonchev–Trinajstić information content (AvgIpc) is 2.53. The molecular weight excluding hydrogens is 248 g/mol. The summed E-state index contributed by atoms with van der Waals surface area (Å²) in [7, 11) is 0. The first-order valence-corrected chi connectivity index (χ1v) is 7.37. The van der Waals surface area contributed by atoms with Gasteiger partial charge >= 0.3 is 5.97 Å². The highest BCUT2D eigenvalue weighted by Crippen LogP contribution is 2.52. The number of carbonyl (C=O) groups is 1.